The molecule has 96 valence electrons. The zero-order valence-corrected chi connectivity index (χ0v) is 12.1. The van der Waals surface area contributed by atoms with Crippen molar-refractivity contribution in [1.82, 2.24) is 9.88 Å². The van der Waals surface area contributed by atoms with Gasteiger partial charge < -0.3 is 15.4 Å². The lowest BCUT2D eigenvalue weighted by molar-refractivity contribution is 0.264. The molecule has 18 heavy (non-hydrogen) atoms. The number of anilines is 1. The SMILES string of the molecule is CN(C)CCOc1c(N)cnc2ccc(Br)cc12. The van der Waals surface area contributed by atoms with Gasteiger partial charge in [0, 0.05) is 16.4 Å². The molecule has 0 radical (unpaired) electrons. The monoisotopic (exact) mass is 309 g/mol. The highest BCUT2D eigenvalue weighted by molar-refractivity contribution is 9.10. The number of ether oxygens (including phenoxy) is 1. The molecule has 1 aromatic heterocycles. The molecule has 0 aliphatic heterocycles. The molecule has 0 saturated heterocycles. The first kappa shape index (κ1) is 13.1. The van der Waals surface area contributed by atoms with E-state index in [9.17, 15) is 0 Å². The Labute approximate surface area is 115 Å². The predicted octanol–water partition coefficient (Wildman–Crippen LogP) is 2.52. The smallest absolute Gasteiger partial charge is 0.153 e. The summed E-state index contributed by atoms with van der Waals surface area (Å²) in [6.45, 7) is 1.44. The van der Waals surface area contributed by atoms with Crippen LogP contribution in [0.15, 0.2) is 28.9 Å². The molecule has 2 aromatic rings. The van der Waals surface area contributed by atoms with Gasteiger partial charge in [0.15, 0.2) is 5.75 Å². The summed E-state index contributed by atoms with van der Waals surface area (Å²) in [6.07, 6.45) is 1.64. The van der Waals surface area contributed by atoms with E-state index >= 15 is 0 Å². The highest BCUT2D eigenvalue weighted by atomic mass is 79.9. The van der Waals surface area contributed by atoms with Crippen LogP contribution in [0, 0.1) is 0 Å². The fourth-order valence-corrected chi connectivity index (χ4v) is 2.01. The van der Waals surface area contributed by atoms with Crippen molar-refractivity contribution < 1.29 is 4.74 Å². The summed E-state index contributed by atoms with van der Waals surface area (Å²) in [4.78, 5) is 6.35. The average Bonchev–Trinajstić information content (AvgIpc) is 2.31. The molecule has 0 aliphatic rings. The van der Waals surface area contributed by atoms with Crippen LogP contribution >= 0.6 is 15.9 Å². The zero-order valence-electron chi connectivity index (χ0n) is 10.5. The van der Waals surface area contributed by atoms with E-state index in [1.54, 1.807) is 6.20 Å². The number of nitrogens with zero attached hydrogens (tertiary/aromatic N) is 2. The van der Waals surface area contributed by atoms with Gasteiger partial charge in [-0.15, -0.1) is 0 Å². The van der Waals surface area contributed by atoms with Crippen molar-refractivity contribution in [1.29, 1.82) is 0 Å². The first-order chi connectivity index (χ1) is 8.58. The first-order valence-electron chi connectivity index (χ1n) is 5.69. The van der Waals surface area contributed by atoms with E-state index < -0.39 is 0 Å². The van der Waals surface area contributed by atoms with E-state index in [-0.39, 0.29) is 0 Å². The van der Waals surface area contributed by atoms with Gasteiger partial charge in [-0.1, -0.05) is 15.9 Å². The van der Waals surface area contributed by atoms with Crippen molar-refractivity contribution in [2.45, 2.75) is 0 Å². The molecule has 0 aliphatic carbocycles. The van der Waals surface area contributed by atoms with Crippen molar-refractivity contribution in [2.75, 3.05) is 33.0 Å². The third kappa shape index (κ3) is 2.91. The number of nitrogens with two attached hydrogens (primary N) is 1. The normalized spacial score (nSPS) is 11.1. The number of nitrogen functional groups attached to an aromatic ring is 1. The third-order valence-corrected chi connectivity index (χ3v) is 3.09. The van der Waals surface area contributed by atoms with E-state index in [1.165, 1.54) is 0 Å². The number of rotatable bonds is 4. The molecule has 2 N–H and O–H groups in total. The van der Waals surface area contributed by atoms with Crippen molar-refractivity contribution in [3.63, 3.8) is 0 Å². The molecule has 0 bridgehead atoms. The summed E-state index contributed by atoms with van der Waals surface area (Å²) in [6, 6.07) is 5.87. The van der Waals surface area contributed by atoms with Crippen molar-refractivity contribution in [2.24, 2.45) is 0 Å². The summed E-state index contributed by atoms with van der Waals surface area (Å²) < 4.78 is 6.77. The van der Waals surface area contributed by atoms with Gasteiger partial charge >= 0.3 is 0 Å². The van der Waals surface area contributed by atoms with Gasteiger partial charge in [0.2, 0.25) is 0 Å². The standard InChI is InChI=1S/C13H16BrN3O/c1-17(2)5-6-18-13-10-7-9(14)3-4-12(10)16-8-11(13)15/h3-4,7-8H,5-6,15H2,1-2H3. The lowest BCUT2D eigenvalue weighted by Gasteiger charge is -2.14. The van der Waals surface area contributed by atoms with Gasteiger partial charge in [0.1, 0.15) is 6.61 Å². The second kappa shape index (κ2) is 5.54. The molecule has 4 nitrogen and oxygen atoms in total. The van der Waals surface area contributed by atoms with E-state index in [0.717, 1.165) is 21.9 Å². The Morgan fingerprint density at radius 3 is 2.89 bits per heavy atom. The topological polar surface area (TPSA) is 51.4 Å². The van der Waals surface area contributed by atoms with Crippen LogP contribution in [-0.2, 0) is 0 Å². The van der Waals surface area contributed by atoms with Crippen LogP contribution in [-0.4, -0.2) is 37.1 Å². The molecule has 0 saturated carbocycles. The number of aromatic nitrogens is 1. The van der Waals surface area contributed by atoms with Crippen LogP contribution in [0.5, 0.6) is 5.75 Å². The van der Waals surface area contributed by atoms with Crippen LogP contribution < -0.4 is 10.5 Å². The van der Waals surface area contributed by atoms with Crippen LogP contribution in [0.1, 0.15) is 0 Å². The van der Waals surface area contributed by atoms with E-state index in [2.05, 4.69) is 25.8 Å². The molecule has 2 rings (SSSR count). The van der Waals surface area contributed by atoms with E-state index in [4.69, 9.17) is 10.5 Å². The molecule has 1 heterocycles. The Hall–Kier alpha value is -1.33. The summed E-state index contributed by atoms with van der Waals surface area (Å²) in [5.41, 5.74) is 7.39. The second-order valence-corrected chi connectivity index (χ2v) is 5.27. The molecule has 0 unspecified atom stereocenters. The van der Waals surface area contributed by atoms with Crippen molar-refractivity contribution >= 4 is 32.5 Å². The number of hydrogen-bond donors (Lipinski definition) is 1. The molecule has 5 heteroatoms. The lowest BCUT2D eigenvalue weighted by atomic mass is 10.2. The maximum absolute atomic E-state index is 5.94. The molecular weight excluding hydrogens is 294 g/mol. The van der Waals surface area contributed by atoms with Crippen LogP contribution in [0.2, 0.25) is 0 Å². The van der Waals surface area contributed by atoms with Gasteiger partial charge in [0.05, 0.1) is 17.4 Å². The highest BCUT2D eigenvalue weighted by Crippen LogP contribution is 2.32. The minimum Gasteiger partial charge on any atom is -0.489 e. The van der Waals surface area contributed by atoms with Gasteiger partial charge in [-0.05, 0) is 32.3 Å². The van der Waals surface area contributed by atoms with Crippen LogP contribution in [0.3, 0.4) is 0 Å². The Morgan fingerprint density at radius 2 is 2.17 bits per heavy atom. The van der Waals surface area contributed by atoms with Crippen LogP contribution in [0.25, 0.3) is 10.9 Å². The zero-order chi connectivity index (χ0) is 13.1. The molecular formula is C13H16BrN3O. The maximum Gasteiger partial charge on any atom is 0.153 e. The minimum absolute atomic E-state index is 0.569. The number of likely N-dealkylation sites (N-methyl/N-ethyl adjacent to an activating group) is 1. The molecule has 0 amide bonds. The Kier molecular flexibility index (Phi) is 4.04. The fraction of sp³-hybridized carbons (Fsp3) is 0.308. The molecule has 0 fully saturated rings. The number of benzene rings is 1. The van der Waals surface area contributed by atoms with Crippen LogP contribution in [0.4, 0.5) is 5.69 Å². The number of fused-ring (bicyclic) bond motifs is 1. The van der Waals surface area contributed by atoms with Gasteiger partial charge in [-0.2, -0.15) is 0 Å². The predicted molar refractivity (Wildman–Crippen MR) is 77.9 cm³/mol. The summed E-state index contributed by atoms with van der Waals surface area (Å²) in [7, 11) is 4.02. The van der Waals surface area contributed by atoms with Gasteiger partial charge in [-0.25, -0.2) is 0 Å². The third-order valence-electron chi connectivity index (χ3n) is 2.59. The summed E-state index contributed by atoms with van der Waals surface area (Å²) in [5, 5.41) is 0.933. The fourth-order valence-electron chi connectivity index (χ4n) is 1.65. The number of pyridine rings is 1. The Balaban J connectivity index is 2.34. The highest BCUT2D eigenvalue weighted by Gasteiger charge is 2.08. The largest absolute Gasteiger partial charge is 0.489 e. The Morgan fingerprint density at radius 1 is 1.39 bits per heavy atom. The van der Waals surface area contributed by atoms with Crippen molar-refractivity contribution in [3.05, 3.63) is 28.9 Å². The average molecular weight is 310 g/mol. The molecule has 0 spiro atoms. The van der Waals surface area contributed by atoms with Gasteiger partial charge in [0.25, 0.3) is 0 Å². The quantitative estimate of drug-likeness (QED) is 0.943. The lowest BCUT2D eigenvalue weighted by Crippen LogP contribution is -2.19. The molecule has 0 atom stereocenters. The van der Waals surface area contributed by atoms with E-state index in [1.807, 2.05) is 32.3 Å². The van der Waals surface area contributed by atoms with E-state index in [0.29, 0.717) is 18.0 Å². The second-order valence-electron chi connectivity index (χ2n) is 4.36. The summed E-state index contributed by atoms with van der Waals surface area (Å²) >= 11 is 3.45. The van der Waals surface area contributed by atoms with Crippen molar-refractivity contribution in [3.8, 4) is 5.75 Å². The molecule has 1 aromatic carbocycles. The van der Waals surface area contributed by atoms with Gasteiger partial charge in [-0.3, -0.25) is 4.98 Å². The Bertz CT molecular complexity index is 552. The number of halogens is 1. The minimum atomic E-state index is 0.569. The number of hydrogen-bond acceptors (Lipinski definition) is 4. The summed E-state index contributed by atoms with van der Waals surface area (Å²) in [5.74, 6) is 0.711. The maximum atomic E-state index is 5.94. The first-order valence-corrected chi connectivity index (χ1v) is 6.48.